The molecule has 0 bridgehead atoms. The first kappa shape index (κ1) is 14.9. The third-order valence-electron chi connectivity index (χ3n) is 3.45. The average molecular weight is 317 g/mol. The molecule has 1 unspecified atom stereocenters. The number of halogens is 1. The number of benzene rings is 1. The third kappa shape index (κ3) is 3.08. The monoisotopic (exact) mass is 316 g/mol. The van der Waals surface area contributed by atoms with Crippen molar-refractivity contribution in [2.24, 2.45) is 0 Å². The zero-order valence-corrected chi connectivity index (χ0v) is 13.2. The summed E-state index contributed by atoms with van der Waals surface area (Å²) in [4.78, 5) is 4.41. The second-order valence-electron chi connectivity index (χ2n) is 5.12. The molecule has 5 heteroatoms. The number of nitrogens with zero attached hydrogens (tertiary/aromatic N) is 1. The molecule has 0 aliphatic rings. The molecule has 0 spiro atoms. The molecule has 4 nitrogen and oxygen atoms in total. The van der Waals surface area contributed by atoms with Crippen molar-refractivity contribution in [2.45, 2.75) is 13.0 Å². The van der Waals surface area contributed by atoms with Crippen molar-refractivity contribution in [1.82, 2.24) is 4.98 Å². The molecule has 0 aliphatic heterocycles. The fourth-order valence-electron chi connectivity index (χ4n) is 2.41. The molecule has 22 heavy (non-hydrogen) atoms. The Labute approximate surface area is 134 Å². The minimum absolute atomic E-state index is 0.122. The highest BCUT2D eigenvalue weighted by molar-refractivity contribution is 6.34. The summed E-state index contributed by atoms with van der Waals surface area (Å²) >= 11 is 6.27. The molecular formula is C17H17ClN2O2. The van der Waals surface area contributed by atoms with Crippen LogP contribution >= 0.6 is 11.6 Å². The number of rotatable bonds is 5. The van der Waals surface area contributed by atoms with Crippen molar-refractivity contribution >= 4 is 28.2 Å². The molecule has 3 aromatic rings. The number of nitrogens with one attached hydrogen (secondary N) is 1. The van der Waals surface area contributed by atoms with Gasteiger partial charge in [-0.3, -0.25) is 0 Å². The van der Waals surface area contributed by atoms with Crippen LogP contribution < -0.4 is 5.32 Å². The minimum atomic E-state index is -0.122. The van der Waals surface area contributed by atoms with Crippen LogP contribution in [0.1, 0.15) is 17.6 Å². The molecule has 2 aromatic heterocycles. The first-order valence-electron chi connectivity index (χ1n) is 7.04. The fraction of sp³-hybridized carbons (Fsp3) is 0.235. The van der Waals surface area contributed by atoms with Gasteiger partial charge in [-0.1, -0.05) is 35.9 Å². The van der Waals surface area contributed by atoms with Crippen LogP contribution in [0, 0.1) is 6.92 Å². The second kappa shape index (κ2) is 6.38. The SMILES string of the molecule is COCC(Nc1cc2ccccc2c(Cl)n1)c1ccc(C)o1. The molecule has 114 valence electrons. The van der Waals surface area contributed by atoms with E-state index in [-0.39, 0.29) is 6.04 Å². The maximum Gasteiger partial charge on any atom is 0.139 e. The molecule has 3 rings (SSSR count). The standard InChI is InChI=1S/C17H17ClN2O2/c1-11-7-8-15(22-11)14(10-21-2)19-16-9-12-5-3-4-6-13(12)17(18)20-16/h3-9,14H,10H2,1-2H3,(H,19,20). The Morgan fingerprint density at radius 1 is 1.27 bits per heavy atom. The van der Waals surface area contributed by atoms with Gasteiger partial charge < -0.3 is 14.5 Å². The average Bonchev–Trinajstić information content (AvgIpc) is 2.93. The number of ether oxygens (including phenoxy) is 1. The van der Waals surface area contributed by atoms with Gasteiger partial charge >= 0.3 is 0 Å². The largest absolute Gasteiger partial charge is 0.464 e. The molecule has 0 radical (unpaired) electrons. The van der Waals surface area contributed by atoms with Gasteiger partial charge in [-0.25, -0.2) is 4.98 Å². The predicted octanol–water partition coefficient (Wildman–Crippen LogP) is 4.59. The van der Waals surface area contributed by atoms with Gasteiger partial charge in [0.1, 0.15) is 28.5 Å². The molecule has 2 heterocycles. The fourth-order valence-corrected chi connectivity index (χ4v) is 2.67. The molecule has 0 aliphatic carbocycles. The van der Waals surface area contributed by atoms with Gasteiger partial charge in [-0.05, 0) is 30.5 Å². The Kier molecular flexibility index (Phi) is 4.32. The van der Waals surface area contributed by atoms with Crippen LogP contribution in [0.15, 0.2) is 46.9 Å². The highest BCUT2D eigenvalue weighted by Crippen LogP contribution is 2.27. The maximum absolute atomic E-state index is 6.27. The van der Waals surface area contributed by atoms with Crippen LogP contribution in [0.3, 0.4) is 0 Å². The Morgan fingerprint density at radius 3 is 2.82 bits per heavy atom. The van der Waals surface area contributed by atoms with Crippen LogP contribution in [0.5, 0.6) is 0 Å². The zero-order chi connectivity index (χ0) is 15.5. The number of hydrogen-bond acceptors (Lipinski definition) is 4. The van der Waals surface area contributed by atoms with Crippen LogP contribution in [0.25, 0.3) is 10.8 Å². The van der Waals surface area contributed by atoms with Crippen LogP contribution in [0.2, 0.25) is 5.15 Å². The molecule has 1 atom stereocenters. The van der Waals surface area contributed by atoms with E-state index in [1.807, 2.05) is 49.4 Å². The van der Waals surface area contributed by atoms with Crippen molar-refractivity contribution in [3.05, 3.63) is 59.1 Å². The summed E-state index contributed by atoms with van der Waals surface area (Å²) in [7, 11) is 1.66. The molecule has 0 saturated carbocycles. The Balaban J connectivity index is 1.92. The van der Waals surface area contributed by atoms with Gasteiger partial charge in [0.2, 0.25) is 0 Å². The molecule has 0 amide bonds. The van der Waals surface area contributed by atoms with Gasteiger partial charge in [0.15, 0.2) is 0 Å². The highest BCUT2D eigenvalue weighted by atomic mass is 35.5. The Bertz CT molecular complexity index is 785. The van der Waals surface area contributed by atoms with E-state index in [0.717, 1.165) is 22.3 Å². The number of furan rings is 1. The van der Waals surface area contributed by atoms with E-state index >= 15 is 0 Å². The number of pyridine rings is 1. The van der Waals surface area contributed by atoms with Gasteiger partial charge in [0.25, 0.3) is 0 Å². The number of aromatic nitrogens is 1. The topological polar surface area (TPSA) is 47.3 Å². The first-order valence-corrected chi connectivity index (χ1v) is 7.42. The molecule has 0 saturated heterocycles. The van der Waals surface area contributed by atoms with E-state index in [9.17, 15) is 0 Å². The quantitative estimate of drug-likeness (QED) is 0.699. The summed E-state index contributed by atoms with van der Waals surface area (Å²) in [6.07, 6.45) is 0. The second-order valence-corrected chi connectivity index (χ2v) is 5.48. The summed E-state index contributed by atoms with van der Waals surface area (Å²) in [6, 6.07) is 13.6. The van der Waals surface area contributed by atoms with E-state index in [0.29, 0.717) is 17.6 Å². The van der Waals surface area contributed by atoms with Gasteiger partial charge in [0.05, 0.1) is 6.61 Å². The summed E-state index contributed by atoms with van der Waals surface area (Å²) in [5, 5.41) is 5.78. The molecule has 1 aromatic carbocycles. The summed E-state index contributed by atoms with van der Waals surface area (Å²) in [5.41, 5.74) is 0. The van der Waals surface area contributed by atoms with Gasteiger partial charge in [0, 0.05) is 12.5 Å². The van der Waals surface area contributed by atoms with E-state index in [4.69, 9.17) is 20.8 Å². The summed E-state index contributed by atoms with van der Waals surface area (Å²) in [6.45, 7) is 2.39. The highest BCUT2D eigenvalue weighted by Gasteiger charge is 2.16. The predicted molar refractivity (Wildman–Crippen MR) is 88.4 cm³/mol. The minimum Gasteiger partial charge on any atom is -0.464 e. The Morgan fingerprint density at radius 2 is 2.09 bits per heavy atom. The van der Waals surface area contributed by atoms with Crippen molar-refractivity contribution in [3.63, 3.8) is 0 Å². The lowest BCUT2D eigenvalue weighted by atomic mass is 10.1. The van der Waals surface area contributed by atoms with Gasteiger partial charge in [-0.15, -0.1) is 0 Å². The van der Waals surface area contributed by atoms with E-state index in [1.165, 1.54) is 0 Å². The summed E-state index contributed by atoms with van der Waals surface area (Å²) < 4.78 is 11.0. The number of fused-ring (bicyclic) bond motifs is 1. The zero-order valence-electron chi connectivity index (χ0n) is 12.5. The molecule has 0 fully saturated rings. The normalized spacial score (nSPS) is 12.5. The van der Waals surface area contributed by atoms with Crippen molar-refractivity contribution in [3.8, 4) is 0 Å². The number of hydrogen-bond donors (Lipinski definition) is 1. The number of anilines is 1. The maximum atomic E-state index is 6.27. The van der Waals surface area contributed by atoms with Crippen molar-refractivity contribution < 1.29 is 9.15 Å². The number of aryl methyl sites for hydroxylation is 1. The first-order chi connectivity index (χ1) is 10.7. The summed E-state index contributed by atoms with van der Waals surface area (Å²) in [5.74, 6) is 2.37. The molecular weight excluding hydrogens is 300 g/mol. The van der Waals surface area contributed by atoms with Crippen LogP contribution in [-0.4, -0.2) is 18.7 Å². The lowest BCUT2D eigenvalue weighted by molar-refractivity contribution is 0.178. The van der Waals surface area contributed by atoms with E-state index in [1.54, 1.807) is 7.11 Å². The third-order valence-corrected chi connectivity index (χ3v) is 3.74. The van der Waals surface area contributed by atoms with E-state index < -0.39 is 0 Å². The Hall–Kier alpha value is -2.04. The number of methoxy groups -OCH3 is 1. The lowest BCUT2D eigenvalue weighted by Gasteiger charge is -2.17. The van der Waals surface area contributed by atoms with E-state index in [2.05, 4.69) is 10.3 Å². The molecule has 1 N–H and O–H groups in total. The smallest absolute Gasteiger partial charge is 0.139 e. The van der Waals surface area contributed by atoms with Crippen molar-refractivity contribution in [1.29, 1.82) is 0 Å². The van der Waals surface area contributed by atoms with Gasteiger partial charge in [-0.2, -0.15) is 0 Å². The lowest BCUT2D eigenvalue weighted by Crippen LogP contribution is -2.16. The van der Waals surface area contributed by atoms with Crippen molar-refractivity contribution in [2.75, 3.05) is 19.0 Å². The van der Waals surface area contributed by atoms with Crippen LogP contribution in [-0.2, 0) is 4.74 Å². The van der Waals surface area contributed by atoms with Crippen LogP contribution in [0.4, 0.5) is 5.82 Å².